The van der Waals surface area contributed by atoms with E-state index in [4.69, 9.17) is 9.72 Å². The lowest BCUT2D eigenvalue weighted by Gasteiger charge is -2.15. The first-order chi connectivity index (χ1) is 17.0. The highest BCUT2D eigenvalue weighted by Crippen LogP contribution is 2.24. The van der Waals surface area contributed by atoms with E-state index in [-0.39, 0.29) is 23.2 Å². The molecule has 7 heteroatoms. The van der Waals surface area contributed by atoms with Crippen molar-refractivity contribution in [1.82, 2.24) is 14.1 Å². The van der Waals surface area contributed by atoms with Crippen molar-refractivity contribution < 1.29 is 9.53 Å². The topological polar surface area (TPSA) is 66.1 Å². The number of para-hydroxylation sites is 1. The normalized spacial score (nSPS) is 15.7. The summed E-state index contributed by atoms with van der Waals surface area (Å²) in [5.74, 6) is 0.249. The minimum atomic E-state index is -0.0934. The average molecular weight is 488 g/mol. The third-order valence-corrected chi connectivity index (χ3v) is 7.60. The molecule has 4 aromatic rings. The third-order valence-electron chi connectivity index (χ3n) is 6.63. The molecule has 1 aliphatic rings. The summed E-state index contributed by atoms with van der Waals surface area (Å²) < 4.78 is 9.66. The number of fused-ring (bicyclic) bond motifs is 1. The van der Waals surface area contributed by atoms with Gasteiger partial charge in [0.25, 0.3) is 5.56 Å². The van der Waals surface area contributed by atoms with E-state index < -0.39 is 0 Å². The fourth-order valence-corrected chi connectivity index (χ4v) is 5.61. The van der Waals surface area contributed by atoms with Crippen LogP contribution in [-0.4, -0.2) is 38.4 Å². The number of hydrogen-bond donors (Lipinski definition) is 0. The van der Waals surface area contributed by atoms with Gasteiger partial charge in [-0.1, -0.05) is 54.2 Å². The molecule has 1 fully saturated rings. The van der Waals surface area contributed by atoms with Gasteiger partial charge in [-0.15, -0.1) is 0 Å². The summed E-state index contributed by atoms with van der Waals surface area (Å²) in [4.78, 5) is 31.4. The van der Waals surface area contributed by atoms with Gasteiger partial charge in [-0.2, -0.15) is 0 Å². The zero-order valence-electron chi connectivity index (χ0n) is 20.1. The highest BCUT2D eigenvalue weighted by molar-refractivity contribution is 7.99. The first kappa shape index (κ1) is 23.6. The Kier molecular flexibility index (Phi) is 6.88. The Morgan fingerprint density at radius 2 is 1.86 bits per heavy atom. The Morgan fingerprint density at radius 1 is 1.09 bits per heavy atom. The molecule has 1 aliphatic heterocycles. The Balaban J connectivity index is 1.41. The van der Waals surface area contributed by atoms with E-state index in [1.807, 2.05) is 68.4 Å². The standard InChI is InChI=1S/C28H29N3O3S/c1-19-15-24(20(2)30(19)17-22-11-8-14-34-22)26(32)18-35-28-29-25-13-7-6-12-23(25)27(33)31(28)16-21-9-4-3-5-10-21/h3-7,9-10,12-13,15,22H,8,11,14,16-18H2,1-2H3/t22-/m0/s1. The summed E-state index contributed by atoms with van der Waals surface area (Å²) >= 11 is 1.32. The molecule has 1 saturated heterocycles. The lowest BCUT2D eigenvalue weighted by atomic mass is 10.2. The van der Waals surface area contributed by atoms with Crippen LogP contribution in [-0.2, 0) is 17.8 Å². The van der Waals surface area contributed by atoms with E-state index >= 15 is 0 Å². The largest absolute Gasteiger partial charge is 0.376 e. The molecule has 0 aliphatic carbocycles. The van der Waals surface area contributed by atoms with Gasteiger partial charge in [0, 0.05) is 30.1 Å². The predicted molar refractivity (Wildman–Crippen MR) is 139 cm³/mol. The van der Waals surface area contributed by atoms with Crippen molar-refractivity contribution in [3.8, 4) is 0 Å². The number of ketones is 1. The zero-order valence-corrected chi connectivity index (χ0v) is 20.9. The number of thioether (sulfide) groups is 1. The van der Waals surface area contributed by atoms with Crippen LogP contribution >= 0.6 is 11.8 Å². The molecule has 5 rings (SSSR count). The predicted octanol–water partition coefficient (Wildman–Crippen LogP) is 5.02. The Morgan fingerprint density at radius 3 is 2.63 bits per heavy atom. The maximum Gasteiger partial charge on any atom is 0.262 e. The van der Waals surface area contributed by atoms with Crippen LogP contribution in [0.25, 0.3) is 10.9 Å². The molecule has 180 valence electrons. The van der Waals surface area contributed by atoms with Gasteiger partial charge in [0.2, 0.25) is 0 Å². The van der Waals surface area contributed by atoms with Gasteiger partial charge in [0.1, 0.15) is 0 Å². The van der Waals surface area contributed by atoms with E-state index in [0.29, 0.717) is 22.6 Å². The summed E-state index contributed by atoms with van der Waals surface area (Å²) in [5, 5.41) is 1.14. The van der Waals surface area contributed by atoms with E-state index in [1.54, 1.807) is 10.6 Å². The number of carbonyl (C=O) groups is 1. The first-order valence-corrected chi connectivity index (χ1v) is 13.0. The van der Waals surface area contributed by atoms with E-state index in [2.05, 4.69) is 4.57 Å². The smallest absolute Gasteiger partial charge is 0.262 e. The van der Waals surface area contributed by atoms with Gasteiger partial charge >= 0.3 is 0 Å². The monoisotopic (exact) mass is 487 g/mol. The number of hydrogen-bond acceptors (Lipinski definition) is 5. The zero-order chi connectivity index (χ0) is 24.4. The van der Waals surface area contributed by atoms with Gasteiger partial charge in [0.05, 0.1) is 29.3 Å². The van der Waals surface area contributed by atoms with Crippen LogP contribution in [0.3, 0.4) is 0 Å². The molecule has 2 aromatic heterocycles. The minimum Gasteiger partial charge on any atom is -0.376 e. The van der Waals surface area contributed by atoms with E-state index in [0.717, 1.165) is 48.5 Å². The second-order valence-electron chi connectivity index (χ2n) is 9.03. The van der Waals surface area contributed by atoms with E-state index in [1.165, 1.54) is 11.8 Å². The molecule has 0 unspecified atom stereocenters. The van der Waals surface area contributed by atoms with Crippen LogP contribution in [0.2, 0.25) is 0 Å². The van der Waals surface area contributed by atoms with Gasteiger partial charge in [-0.25, -0.2) is 4.98 Å². The Labute approximate surface area is 208 Å². The highest BCUT2D eigenvalue weighted by atomic mass is 32.2. The molecule has 0 radical (unpaired) electrons. The van der Waals surface area contributed by atoms with Crippen LogP contribution in [0.4, 0.5) is 0 Å². The molecule has 0 spiro atoms. The summed E-state index contributed by atoms with van der Waals surface area (Å²) in [6, 6.07) is 19.2. The van der Waals surface area contributed by atoms with Gasteiger partial charge in [-0.3, -0.25) is 14.2 Å². The van der Waals surface area contributed by atoms with Crippen molar-refractivity contribution in [2.75, 3.05) is 12.4 Å². The molecule has 6 nitrogen and oxygen atoms in total. The van der Waals surface area contributed by atoms with Crippen molar-refractivity contribution in [1.29, 1.82) is 0 Å². The SMILES string of the molecule is Cc1cc(C(=O)CSc2nc3ccccc3c(=O)n2Cc2ccccc2)c(C)n1C[C@@H]1CCCO1. The molecular formula is C28H29N3O3S. The maximum atomic E-state index is 13.3. The van der Waals surface area contributed by atoms with Crippen LogP contribution in [0, 0.1) is 13.8 Å². The number of Topliss-reactive ketones (excluding diaryl/α,β-unsaturated/α-hetero) is 1. The number of carbonyl (C=O) groups excluding carboxylic acids is 1. The number of ether oxygens (including phenoxy) is 1. The quantitative estimate of drug-likeness (QED) is 0.198. The van der Waals surface area contributed by atoms with E-state index in [9.17, 15) is 9.59 Å². The fourth-order valence-electron chi connectivity index (χ4n) is 4.73. The summed E-state index contributed by atoms with van der Waals surface area (Å²) in [6.45, 7) is 6.04. The van der Waals surface area contributed by atoms with Gasteiger partial charge in [-0.05, 0) is 50.5 Å². The molecule has 0 amide bonds. The Hall–Kier alpha value is -3.16. The number of rotatable bonds is 8. The summed E-state index contributed by atoms with van der Waals surface area (Å²) in [6.07, 6.45) is 2.37. The first-order valence-electron chi connectivity index (χ1n) is 12.0. The van der Waals surface area contributed by atoms with Crippen LogP contribution in [0.1, 0.15) is 40.2 Å². The van der Waals surface area contributed by atoms with Crippen molar-refractivity contribution in [2.45, 2.75) is 51.0 Å². The molecule has 0 saturated carbocycles. The summed E-state index contributed by atoms with van der Waals surface area (Å²) in [5.41, 5.74) is 4.33. The van der Waals surface area contributed by atoms with Gasteiger partial charge < -0.3 is 9.30 Å². The highest BCUT2D eigenvalue weighted by Gasteiger charge is 2.22. The fraction of sp³-hybridized carbons (Fsp3) is 0.321. The number of benzene rings is 2. The lowest BCUT2D eigenvalue weighted by Crippen LogP contribution is -2.24. The Bertz CT molecular complexity index is 1420. The molecule has 0 N–H and O–H groups in total. The van der Waals surface area contributed by atoms with Crippen molar-refractivity contribution in [3.05, 3.63) is 93.5 Å². The number of aromatic nitrogens is 3. The van der Waals surface area contributed by atoms with Gasteiger partial charge in [0.15, 0.2) is 10.9 Å². The molecule has 1 atom stereocenters. The van der Waals surface area contributed by atoms with Crippen molar-refractivity contribution in [3.63, 3.8) is 0 Å². The average Bonchev–Trinajstić information content (AvgIpc) is 3.49. The maximum absolute atomic E-state index is 13.3. The molecule has 35 heavy (non-hydrogen) atoms. The number of aryl methyl sites for hydroxylation is 1. The second kappa shape index (κ2) is 10.2. The third kappa shape index (κ3) is 4.97. The molecule has 0 bridgehead atoms. The second-order valence-corrected chi connectivity index (χ2v) is 9.97. The van der Waals surface area contributed by atoms with Crippen LogP contribution in [0.15, 0.2) is 70.6 Å². The number of nitrogens with zero attached hydrogens (tertiary/aromatic N) is 3. The molecule has 3 heterocycles. The van der Waals surface area contributed by atoms with Crippen LogP contribution < -0.4 is 5.56 Å². The molecule has 2 aromatic carbocycles. The minimum absolute atomic E-state index is 0.0374. The van der Waals surface area contributed by atoms with Crippen LogP contribution in [0.5, 0.6) is 0 Å². The van der Waals surface area contributed by atoms with Crippen molar-refractivity contribution in [2.24, 2.45) is 0 Å². The van der Waals surface area contributed by atoms with Crippen molar-refractivity contribution >= 4 is 28.4 Å². The lowest BCUT2D eigenvalue weighted by molar-refractivity contribution is 0.0957. The molecular weight excluding hydrogens is 458 g/mol. The summed E-state index contributed by atoms with van der Waals surface area (Å²) in [7, 11) is 0.